The van der Waals surface area contributed by atoms with E-state index < -0.39 is 22.0 Å². The number of carbonyl (C=O) groups is 2. The van der Waals surface area contributed by atoms with Crippen LogP contribution in [0.1, 0.15) is 75.8 Å². The second kappa shape index (κ2) is 15.4. The van der Waals surface area contributed by atoms with Crippen LogP contribution in [0.15, 0.2) is 71.6 Å². The van der Waals surface area contributed by atoms with Crippen molar-refractivity contribution in [2.45, 2.75) is 93.8 Å². The van der Waals surface area contributed by atoms with E-state index >= 15 is 0 Å². The van der Waals surface area contributed by atoms with E-state index in [9.17, 15) is 18.0 Å². The molecule has 1 unspecified atom stereocenters. The molecule has 2 saturated carbocycles. The summed E-state index contributed by atoms with van der Waals surface area (Å²) in [5.74, 6) is 0.0850. The average molecular weight is 689 g/mol. The largest absolute Gasteiger partial charge is 0.493 e. The summed E-state index contributed by atoms with van der Waals surface area (Å²) in [6, 6.07) is 17.3. The standard InChI is InChI=1S/C36H44N6O6S/c1-47-32-22-17-25(23-33(32)48-2)35(36(44)37-26-11-5-3-6-12-26)42(34(43)24-41-31-16-10-9-15-30(31)38-40-41)28-18-20-29(21-19-28)49(45,46)39-27-13-7-4-8-14-27/h9-10,15-23,26-27,35,39H,3-8,11-14,24H2,1-2H3,(H,37,44). The Bertz CT molecular complexity index is 1870. The number of amides is 2. The zero-order valence-electron chi connectivity index (χ0n) is 28.0. The third-order valence-electron chi connectivity index (χ3n) is 9.51. The molecule has 260 valence electrons. The summed E-state index contributed by atoms with van der Waals surface area (Å²) in [7, 11) is -0.757. The van der Waals surface area contributed by atoms with Gasteiger partial charge in [-0.05, 0) is 79.8 Å². The first-order valence-electron chi connectivity index (χ1n) is 17.0. The molecule has 1 atom stereocenters. The number of nitrogens with zero attached hydrogens (tertiary/aromatic N) is 4. The molecule has 2 fully saturated rings. The maximum atomic E-state index is 14.6. The SMILES string of the molecule is COc1ccc(C(C(=O)NC2CCCCC2)N(C(=O)Cn2nnc3ccccc32)c2ccc(S(=O)(=O)NC3CCCCC3)cc2)cc1OC. The van der Waals surface area contributed by atoms with Crippen LogP contribution in [0.25, 0.3) is 11.0 Å². The summed E-state index contributed by atoms with van der Waals surface area (Å²) in [6.07, 6.45) is 9.55. The Labute approximate surface area is 287 Å². The number of ether oxygens (including phenoxy) is 2. The lowest BCUT2D eigenvalue weighted by Gasteiger charge is -2.34. The monoisotopic (exact) mass is 688 g/mol. The summed E-state index contributed by atoms with van der Waals surface area (Å²) < 4.78 is 42.1. The van der Waals surface area contributed by atoms with Gasteiger partial charge in [0, 0.05) is 17.8 Å². The van der Waals surface area contributed by atoms with Gasteiger partial charge < -0.3 is 14.8 Å². The summed E-state index contributed by atoms with van der Waals surface area (Å²) in [5.41, 5.74) is 2.15. The maximum absolute atomic E-state index is 14.6. The lowest BCUT2D eigenvalue weighted by atomic mass is 9.94. The zero-order valence-corrected chi connectivity index (χ0v) is 28.8. The number of sulfonamides is 1. The molecule has 3 aromatic carbocycles. The van der Waals surface area contributed by atoms with E-state index in [0.717, 1.165) is 64.2 Å². The molecular weight excluding hydrogens is 644 g/mol. The highest BCUT2D eigenvalue weighted by molar-refractivity contribution is 7.89. The van der Waals surface area contributed by atoms with Crippen LogP contribution in [0.4, 0.5) is 5.69 Å². The number of aromatic nitrogens is 3. The van der Waals surface area contributed by atoms with Crippen LogP contribution < -0.4 is 24.4 Å². The Morgan fingerprint density at radius 2 is 1.51 bits per heavy atom. The second-order valence-electron chi connectivity index (χ2n) is 12.8. The number of hydrogen-bond acceptors (Lipinski definition) is 8. The second-order valence-corrected chi connectivity index (χ2v) is 14.5. The van der Waals surface area contributed by atoms with Crippen LogP contribution in [0.2, 0.25) is 0 Å². The summed E-state index contributed by atoms with van der Waals surface area (Å²) in [4.78, 5) is 30.5. The molecule has 1 aromatic heterocycles. The predicted octanol–water partition coefficient (Wildman–Crippen LogP) is 5.28. The number of para-hydroxylation sites is 1. The van der Waals surface area contributed by atoms with E-state index in [0.29, 0.717) is 33.8 Å². The number of nitrogens with one attached hydrogen (secondary N) is 2. The molecule has 0 spiro atoms. The van der Waals surface area contributed by atoms with E-state index in [-0.39, 0.29) is 29.4 Å². The molecule has 2 aliphatic carbocycles. The van der Waals surface area contributed by atoms with E-state index in [2.05, 4.69) is 20.4 Å². The van der Waals surface area contributed by atoms with Gasteiger partial charge in [-0.15, -0.1) is 5.10 Å². The Hall–Kier alpha value is -4.49. The molecule has 0 radical (unpaired) electrons. The molecule has 49 heavy (non-hydrogen) atoms. The first kappa shape index (κ1) is 34.4. The van der Waals surface area contributed by atoms with Crippen molar-refractivity contribution < 1.29 is 27.5 Å². The van der Waals surface area contributed by atoms with Gasteiger partial charge in [0.1, 0.15) is 18.1 Å². The Balaban J connectivity index is 1.41. The van der Waals surface area contributed by atoms with E-state index in [1.165, 1.54) is 35.9 Å². The lowest BCUT2D eigenvalue weighted by molar-refractivity contribution is -0.127. The van der Waals surface area contributed by atoms with Crippen molar-refractivity contribution in [2.24, 2.45) is 0 Å². The van der Waals surface area contributed by atoms with Crippen molar-refractivity contribution in [1.29, 1.82) is 0 Å². The molecule has 2 amide bonds. The molecular formula is C36H44N6O6S. The first-order chi connectivity index (χ1) is 23.8. The topological polar surface area (TPSA) is 145 Å². The smallest absolute Gasteiger partial charge is 0.249 e. The van der Waals surface area contributed by atoms with Gasteiger partial charge in [0.2, 0.25) is 21.8 Å². The van der Waals surface area contributed by atoms with Gasteiger partial charge in [-0.25, -0.2) is 17.8 Å². The van der Waals surface area contributed by atoms with Gasteiger partial charge >= 0.3 is 0 Å². The first-order valence-corrected chi connectivity index (χ1v) is 18.5. The van der Waals surface area contributed by atoms with Gasteiger partial charge in [0.25, 0.3) is 0 Å². The van der Waals surface area contributed by atoms with Crippen LogP contribution in [-0.4, -0.2) is 61.5 Å². The van der Waals surface area contributed by atoms with Crippen molar-refractivity contribution in [3.63, 3.8) is 0 Å². The van der Waals surface area contributed by atoms with Crippen molar-refractivity contribution in [3.05, 3.63) is 72.3 Å². The number of methoxy groups -OCH3 is 2. The minimum Gasteiger partial charge on any atom is -0.493 e. The Morgan fingerprint density at radius 1 is 0.857 bits per heavy atom. The van der Waals surface area contributed by atoms with E-state index in [1.807, 2.05) is 24.3 Å². The molecule has 4 aromatic rings. The lowest BCUT2D eigenvalue weighted by Crippen LogP contribution is -2.48. The highest BCUT2D eigenvalue weighted by Crippen LogP contribution is 2.36. The predicted molar refractivity (Wildman–Crippen MR) is 186 cm³/mol. The third-order valence-corrected chi connectivity index (χ3v) is 11.0. The Kier molecular flexibility index (Phi) is 10.8. The van der Waals surface area contributed by atoms with Crippen LogP contribution in [0.5, 0.6) is 11.5 Å². The van der Waals surface area contributed by atoms with Crippen molar-refractivity contribution in [1.82, 2.24) is 25.0 Å². The zero-order chi connectivity index (χ0) is 34.4. The van der Waals surface area contributed by atoms with Gasteiger partial charge in [0.15, 0.2) is 11.5 Å². The molecule has 2 aliphatic rings. The highest BCUT2D eigenvalue weighted by atomic mass is 32.2. The fourth-order valence-electron chi connectivity index (χ4n) is 6.94. The van der Waals surface area contributed by atoms with Crippen LogP contribution in [0.3, 0.4) is 0 Å². The summed E-state index contributed by atoms with van der Waals surface area (Å²) >= 11 is 0. The van der Waals surface area contributed by atoms with Gasteiger partial charge in [-0.2, -0.15) is 0 Å². The number of fused-ring (bicyclic) bond motifs is 1. The summed E-state index contributed by atoms with van der Waals surface area (Å²) in [6.45, 7) is -0.218. The molecule has 13 heteroatoms. The number of rotatable bonds is 12. The van der Waals surface area contributed by atoms with E-state index in [1.54, 1.807) is 30.3 Å². The van der Waals surface area contributed by atoms with Crippen LogP contribution in [-0.2, 0) is 26.2 Å². The van der Waals surface area contributed by atoms with Crippen molar-refractivity contribution in [3.8, 4) is 11.5 Å². The minimum atomic E-state index is -3.80. The van der Waals surface area contributed by atoms with Gasteiger partial charge in [-0.3, -0.25) is 14.5 Å². The fraction of sp³-hybridized carbons (Fsp3) is 0.444. The molecule has 1 heterocycles. The summed E-state index contributed by atoms with van der Waals surface area (Å²) in [5, 5.41) is 11.6. The molecule has 0 bridgehead atoms. The van der Waals surface area contributed by atoms with Gasteiger partial charge in [0.05, 0.1) is 24.6 Å². The maximum Gasteiger partial charge on any atom is 0.249 e. The number of benzene rings is 3. The molecule has 2 N–H and O–H groups in total. The molecule has 12 nitrogen and oxygen atoms in total. The fourth-order valence-corrected chi connectivity index (χ4v) is 8.24. The molecule has 6 rings (SSSR count). The van der Waals surface area contributed by atoms with Gasteiger partial charge in [-0.1, -0.05) is 61.9 Å². The minimum absolute atomic E-state index is 0.0292. The van der Waals surface area contributed by atoms with Crippen molar-refractivity contribution in [2.75, 3.05) is 19.1 Å². The number of anilines is 1. The normalized spacial score (nSPS) is 16.6. The average Bonchev–Trinajstić information content (AvgIpc) is 3.53. The number of carbonyl (C=O) groups excluding carboxylic acids is 2. The van der Waals surface area contributed by atoms with E-state index in [4.69, 9.17) is 9.47 Å². The Morgan fingerprint density at radius 3 is 2.18 bits per heavy atom. The van der Waals surface area contributed by atoms with Crippen molar-refractivity contribution >= 4 is 38.6 Å². The van der Waals surface area contributed by atoms with Crippen LogP contribution in [0, 0.1) is 0 Å². The number of hydrogen-bond donors (Lipinski definition) is 2. The highest BCUT2D eigenvalue weighted by Gasteiger charge is 2.35. The molecule has 0 aliphatic heterocycles. The van der Waals surface area contributed by atoms with Crippen LogP contribution >= 0.6 is 0 Å². The third kappa shape index (κ3) is 7.88. The quantitative estimate of drug-likeness (QED) is 0.205. The molecule has 0 saturated heterocycles.